The molecule has 0 amide bonds. The van der Waals surface area contributed by atoms with E-state index < -0.39 is 20.0 Å². The Labute approximate surface area is 218 Å². The molecule has 1 aliphatic carbocycles. The van der Waals surface area contributed by atoms with Crippen molar-refractivity contribution in [1.82, 2.24) is 4.90 Å². The van der Waals surface area contributed by atoms with Gasteiger partial charge in [-0.1, -0.05) is 56.1 Å². The third-order valence-electron chi connectivity index (χ3n) is 5.98. The molecule has 3 aromatic rings. The van der Waals surface area contributed by atoms with Crippen molar-refractivity contribution in [3.63, 3.8) is 0 Å². The molecule has 6 nitrogen and oxygen atoms in total. The van der Waals surface area contributed by atoms with Crippen molar-refractivity contribution in [1.29, 1.82) is 0 Å². The Morgan fingerprint density at radius 3 is 1.82 bits per heavy atom. The molecule has 0 fully saturated rings. The summed E-state index contributed by atoms with van der Waals surface area (Å²) in [6.45, 7) is 0. The zero-order chi connectivity index (χ0) is 24.7. The SMILES string of the molecule is CN(C)[C@H]1CCc2c(cccc2N(S(=O)(=O)c2cccc(Br)c2)S(=O)(=O)c2cccc(Br)c2)C1. The van der Waals surface area contributed by atoms with Crippen LogP contribution in [-0.4, -0.2) is 41.9 Å². The quantitative estimate of drug-likeness (QED) is 0.375. The summed E-state index contributed by atoms with van der Waals surface area (Å²) in [6.07, 6.45) is 2.10. The fourth-order valence-electron chi connectivity index (χ4n) is 4.21. The van der Waals surface area contributed by atoms with Crippen molar-refractivity contribution >= 4 is 57.6 Å². The normalized spacial score (nSPS) is 16.3. The minimum atomic E-state index is -4.47. The van der Waals surface area contributed by atoms with E-state index in [1.54, 1.807) is 36.4 Å². The second-order valence-corrected chi connectivity index (χ2v) is 14.0. The van der Waals surface area contributed by atoms with E-state index in [9.17, 15) is 16.8 Å². The first-order chi connectivity index (χ1) is 16.0. The zero-order valence-electron chi connectivity index (χ0n) is 18.6. The van der Waals surface area contributed by atoms with Crippen LogP contribution in [0.25, 0.3) is 0 Å². The molecule has 3 aromatic carbocycles. The summed E-state index contributed by atoms with van der Waals surface area (Å²) < 4.78 is 57.5. The van der Waals surface area contributed by atoms with Crippen molar-refractivity contribution in [2.24, 2.45) is 0 Å². The van der Waals surface area contributed by atoms with Crippen LogP contribution in [0.2, 0.25) is 0 Å². The predicted molar refractivity (Wildman–Crippen MR) is 141 cm³/mol. The van der Waals surface area contributed by atoms with Gasteiger partial charge in [-0.3, -0.25) is 0 Å². The molecule has 4 rings (SSSR count). The van der Waals surface area contributed by atoms with Crippen LogP contribution in [0.5, 0.6) is 0 Å². The average Bonchev–Trinajstić information content (AvgIpc) is 2.78. The molecule has 0 radical (unpaired) electrons. The number of nitrogens with zero attached hydrogens (tertiary/aromatic N) is 2. The maximum Gasteiger partial charge on any atom is 0.277 e. The molecule has 0 saturated carbocycles. The summed E-state index contributed by atoms with van der Waals surface area (Å²) in [4.78, 5) is 1.92. The van der Waals surface area contributed by atoms with Gasteiger partial charge in [-0.2, -0.15) is 3.71 Å². The number of halogens is 2. The Hall–Kier alpha value is -1.72. The second kappa shape index (κ2) is 9.73. The molecule has 0 aromatic heterocycles. The second-order valence-electron chi connectivity index (χ2n) is 8.40. The van der Waals surface area contributed by atoms with E-state index in [0.29, 0.717) is 25.1 Å². The minimum Gasteiger partial charge on any atom is -0.306 e. The first-order valence-electron chi connectivity index (χ1n) is 10.6. The predicted octanol–water partition coefficient (Wildman–Crippen LogP) is 5.21. The zero-order valence-corrected chi connectivity index (χ0v) is 23.5. The molecule has 0 unspecified atom stereocenters. The van der Waals surface area contributed by atoms with E-state index in [1.165, 1.54) is 24.3 Å². The van der Waals surface area contributed by atoms with Gasteiger partial charge in [0.2, 0.25) is 0 Å². The van der Waals surface area contributed by atoms with E-state index in [2.05, 4.69) is 36.8 Å². The van der Waals surface area contributed by atoms with Gasteiger partial charge < -0.3 is 4.90 Å². The lowest BCUT2D eigenvalue weighted by atomic mass is 9.87. The minimum absolute atomic E-state index is 0.111. The number of fused-ring (bicyclic) bond motifs is 1. The summed E-state index contributed by atoms with van der Waals surface area (Å²) in [6, 6.07) is 17.7. The van der Waals surface area contributed by atoms with Gasteiger partial charge in [0.05, 0.1) is 15.5 Å². The highest BCUT2D eigenvalue weighted by molar-refractivity contribution is 9.10. The lowest BCUT2D eigenvalue weighted by Gasteiger charge is -2.33. The van der Waals surface area contributed by atoms with Crippen LogP contribution in [0.3, 0.4) is 0 Å². The Balaban J connectivity index is 1.97. The van der Waals surface area contributed by atoms with Gasteiger partial charge in [-0.25, -0.2) is 16.8 Å². The van der Waals surface area contributed by atoms with Crippen molar-refractivity contribution in [2.75, 3.05) is 17.8 Å². The van der Waals surface area contributed by atoms with Crippen LogP contribution < -0.4 is 3.71 Å². The maximum absolute atomic E-state index is 14.0. The van der Waals surface area contributed by atoms with E-state index in [4.69, 9.17) is 0 Å². The molecule has 1 atom stereocenters. The molecule has 34 heavy (non-hydrogen) atoms. The summed E-state index contributed by atoms with van der Waals surface area (Å²) in [5.41, 5.74) is 1.88. The number of benzene rings is 3. The van der Waals surface area contributed by atoms with E-state index >= 15 is 0 Å². The van der Waals surface area contributed by atoms with Gasteiger partial charge >= 0.3 is 0 Å². The van der Waals surface area contributed by atoms with Crippen LogP contribution in [0.15, 0.2) is 85.5 Å². The maximum atomic E-state index is 14.0. The van der Waals surface area contributed by atoms with Gasteiger partial charge in [0.25, 0.3) is 20.0 Å². The third kappa shape index (κ3) is 4.83. The molecule has 10 heteroatoms. The highest BCUT2D eigenvalue weighted by atomic mass is 79.9. The molecule has 180 valence electrons. The largest absolute Gasteiger partial charge is 0.306 e. The van der Waals surface area contributed by atoms with Crippen molar-refractivity contribution in [3.8, 4) is 0 Å². The van der Waals surface area contributed by atoms with Crippen LogP contribution >= 0.6 is 31.9 Å². The number of hydrogen-bond donors (Lipinski definition) is 0. The van der Waals surface area contributed by atoms with Crippen LogP contribution in [0.4, 0.5) is 5.69 Å². The summed E-state index contributed by atoms with van der Waals surface area (Å²) in [7, 11) is -4.91. The number of rotatable bonds is 6. The first kappa shape index (κ1) is 25.4. The molecule has 0 N–H and O–H groups in total. The lowest BCUT2D eigenvalue weighted by molar-refractivity contribution is 0.268. The number of likely N-dealkylation sites (N-methyl/N-ethyl adjacent to an activating group) is 1. The van der Waals surface area contributed by atoms with Crippen LogP contribution in [-0.2, 0) is 32.9 Å². The molecule has 0 bridgehead atoms. The van der Waals surface area contributed by atoms with Gasteiger partial charge in [0.15, 0.2) is 0 Å². The van der Waals surface area contributed by atoms with E-state index in [-0.39, 0.29) is 15.5 Å². The van der Waals surface area contributed by atoms with Gasteiger partial charge in [-0.05, 0) is 86.9 Å². The standard InChI is InChI=1S/C24H24Br2N2O4S2/c1-27(2)20-12-13-23-17(14-20)6-3-11-24(23)28(33(29,30)21-9-4-7-18(25)15-21)34(31,32)22-10-5-8-19(26)16-22/h3-11,15-16,20H,12-14H2,1-2H3/t20-/m0/s1. The van der Waals surface area contributed by atoms with Gasteiger partial charge in [0, 0.05) is 15.0 Å². The molecule has 0 spiro atoms. The Morgan fingerprint density at radius 1 is 0.794 bits per heavy atom. The molecule has 0 saturated heterocycles. The highest BCUT2D eigenvalue weighted by Gasteiger charge is 2.39. The fraction of sp³-hybridized carbons (Fsp3) is 0.250. The van der Waals surface area contributed by atoms with Crippen LogP contribution in [0, 0.1) is 0 Å². The fourth-order valence-corrected chi connectivity index (χ4v) is 9.16. The molecular weight excluding hydrogens is 604 g/mol. The summed E-state index contributed by atoms with van der Waals surface area (Å²) in [5, 5.41) is 0. The molecular formula is C24H24Br2N2O4S2. The number of hydrogen-bond acceptors (Lipinski definition) is 5. The van der Waals surface area contributed by atoms with Crippen molar-refractivity contribution < 1.29 is 16.8 Å². The van der Waals surface area contributed by atoms with E-state index in [1.807, 2.05) is 20.2 Å². The van der Waals surface area contributed by atoms with E-state index in [0.717, 1.165) is 24.0 Å². The topological polar surface area (TPSA) is 74.8 Å². The molecule has 1 aliphatic rings. The summed E-state index contributed by atoms with van der Waals surface area (Å²) >= 11 is 6.60. The first-order valence-corrected chi connectivity index (χ1v) is 15.1. The number of sulfonamides is 2. The van der Waals surface area contributed by atoms with Gasteiger partial charge in [0.1, 0.15) is 0 Å². The molecule has 0 aliphatic heterocycles. The van der Waals surface area contributed by atoms with Crippen molar-refractivity contribution in [3.05, 3.63) is 86.8 Å². The lowest BCUT2D eigenvalue weighted by Crippen LogP contribution is -2.39. The van der Waals surface area contributed by atoms with Crippen molar-refractivity contribution in [2.45, 2.75) is 35.1 Å². The average molecular weight is 628 g/mol. The monoisotopic (exact) mass is 626 g/mol. The Morgan fingerprint density at radius 2 is 1.32 bits per heavy atom. The summed E-state index contributed by atoms with van der Waals surface area (Å²) in [5.74, 6) is 0. The third-order valence-corrected chi connectivity index (χ3v) is 11.1. The highest BCUT2D eigenvalue weighted by Crippen LogP contribution is 2.38. The molecule has 0 heterocycles. The van der Waals surface area contributed by atoms with Crippen LogP contribution in [0.1, 0.15) is 17.5 Å². The Kier molecular flexibility index (Phi) is 7.26. The van der Waals surface area contributed by atoms with Gasteiger partial charge in [-0.15, -0.1) is 0 Å². The Bertz CT molecular complexity index is 1370. The number of anilines is 1. The smallest absolute Gasteiger partial charge is 0.277 e.